The molecule has 2 heterocycles. The molecule has 0 N–H and O–H groups in total. The molecular weight excluding hydrogens is 422 g/mol. The molecule has 0 fully saturated rings. The van der Waals surface area contributed by atoms with Crippen LogP contribution < -0.4 is 5.56 Å². The van der Waals surface area contributed by atoms with E-state index >= 15 is 0 Å². The van der Waals surface area contributed by atoms with Gasteiger partial charge in [-0.25, -0.2) is 0 Å². The third-order valence-corrected chi connectivity index (χ3v) is 4.64. The van der Waals surface area contributed by atoms with Crippen LogP contribution in [-0.2, 0) is 6.54 Å². The quantitative estimate of drug-likeness (QED) is 0.702. The fourth-order valence-electron chi connectivity index (χ4n) is 1.29. The largest absolute Gasteiger partial charge is 0.308 e. The van der Waals surface area contributed by atoms with Crippen molar-refractivity contribution in [2.24, 2.45) is 0 Å². The summed E-state index contributed by atoms with van der Waals surface area (Å²) in [5, 5.41) is 2.01. The van der Waals surface area contributed by atoms with E-state index in [-0.39, 0.29) is 5.56 Å². The van der Waals surface area contributed by atoms with Gasteiger partial charge >= 0.3 is 0 Å². The summed E-state index contributed by atoms with van der Waals surface area (Å²) in [6.45, 7) is 0.590. The second-order valence-corrected chi connectivity index (χ2v) is 6.85. The van der Waals surface area contributed by atoms with E-state index in [1.807, 2.05) is 11.4 Å². The highest BCUT2D eigenvalue weighted by molar-refractivity contribution is 9.11. The summed E-state index contributed by atoms with van der Waals surface area (Å²) in [5.74, 6) is 0. The Hall–Kier alpha value is 0.0900. The van der Waals surface area contributed by atoms with Crippen molar-refractivity contribution >= 4 is 59.1 Å². The first-order chi connectivity index (χ1) is 7.56. The molecule has 2 rings (SSSR count). The van der Waals surface area contributed by atoms with E-state index in [0.29, 0.717) is 11.0 Å². The van der Waals surface area contributed by atoms with Crippen molar-refractivity contribution in [1.82, 2.24) is 4.57 Å². The van der Waals surface area contributed by atoms with E-state index in [9.17, 15) is 4.79 Å². The Morgan fingerprint density at radius 2 is 1.94 bits per heavy atom. The average Bonchev–Trinajstić information content (AvgIpc) is 2.60. The highest BCUT2D eigenvalue weighted by atomic mass is 79.9. The van der Waals surface area contributed by atoms with E-state index in [1.165, 1.54) is 0 Å². The minimum absolute atomic E-state index is 0.0206. The predicted molar refractivity (Wildman–Crippen MR) is 77.2 cm³/mol. The fraction of sp³-hybridized carbons (Fsp3) is 0.100. The number of halogens is 3. The minimum atomic E-state index is -0.0206. The molecule has 0 aliphatic heterocycles. The van der Waals surface area contributed by atoms with Gasteiger partial charge < -0.3 is 4.57 Å². The van der Waals surface area contributed by atoms with E-state index in [1.54, 1.807) is 28.2 Å². The molecule has 0 aliphatic carbocycles. The number of hydrogen-bond donors (Lipinski definition) is 0. The monoisotopic (exact) mass is 425 g/mol. The molecule has 0 radical (unpaired) electrons. The van der Waals surface area contributed by atoms with E-state index in [2.05, 4.69) is 47.8 Å². The Morgan fingerprint density at radius 1 is 1.19 bits per heavy atom. The van der Waals surface area contributed by atoms with Gasteiger partial charge in [0, 0.05) is 25.4 Å². The summed E-state index contributed by atoms with van der Waals surface area (Å²) in [5.41, 5.74) is -0.0206. The van der Waals surface area contributed by atoms with E-state index in [4.69, 9.17) is 0 Å². The lowest BCUT2D eigenvalue weighted by Crippen LogP contribution is -2.20. The number of nitrogens with zero attached hydrogens (tertiary/aromatic N) is 1. The number of pyridine rings is 1. The van der Waals surface area contributed by atoms with Crippen molar-refractivity contribution in [3.63, 3.8) is 0 Å². The molecule has 84 valence electrons. The maximum Gasteiger partial charge on any atom is 0.265 e. The Labute approximate surface area is 122 Å². The van der Waals surface area contributed by atoms with Crippen molar-refractivity contribution in [3.8, 4) is 0 Å². The Kier molecular flexibility index (Phi) is 4.05. The molecule has 0 aromatic carbocycles. The Balaban J connectivity index is 2.38. The van der Waals surface area contributed by atoms with Crippen LogP contribution in [0.5, 0.6) is 0 Å². The summed E-state index contributed by atoms with van der Waals surface area (Å²) in [7, 11) is 0. The predicted octanol–water partition coefficient (Wildman–Crippen LogP) is 4.25. The lowest BCUT2D eigenvalue weighted by atomic mass is 10.4. The van der Waals surface area contributed by atoms with Gasteiger partial charge in [0.25, 0.3) is 5.56 Å². The van der Waals surface area contributed by atoms with Gasteiger partial charge in [-0.1, -0.05) is 0 Å². The lowest BCUT2D eigenvalue weighted by Gasteiger charge is -2.05. The number of hydrogen-bond acceptors (Lipinski definition) is 2. The van der Waals surface area contributed by atoms with E-state index < -0.39 is 0 Å². The topological polar surface area (TPSA) is 22.0 Å². The maximum absolute atomic E-state index is 11.8. The first-order valence-corrected chi connectivity index (χ1v) is 7.60. The van der Waals surface area contributed by atoms with Crippen LogP contribution in [-0.4, -0.2) is 4.57 Å². The second kappa shape index (κ2) is 5.16. The Bertz CT molecular complexity index is 576. The van der Waals surface area contributed by atoms with Crippen molar-refractivity contribution < 1.29 is 0 Å². The minimum Gasteiger partial charge on any atom is -0.308 e. The van der Waals surface area contributed by atoms with Crippen LogP contribution in [0.4, 0.5) is 0 Å². The second-order valence-electron chi connectivity index (χ2n) is 3.17. The SMILES string of the molecule is O=c1c(Br)cc(Br)cn1Cc1cc(Br)cs1. The van der Waals surface area contributed by atoms with Gasteiger partial charge in [-0.3, -0.25) is 4.79 Å². The molecule has 0 amide bonds. The molecule has 16 heavy (non-hydrogen) atoms. The van der Waals surface area contributed by atoms with Crippen LogP contribution >= 0.6 is 59.1 Å². The maximum atomic E-state index is 11.8. The molecule has 0 saturated heterocycles. The van der Waals surface area contributed by atoms with Crippen LogP contribution in [0.15, 0.2) is 41.9 Å². The number of rotatable bonds is 2. The van der Waals surface area contributed by atoms with Gasteiger partial charge in [-0.15, -0.1) is 11.3 Å². The molecule has 2 nitrogen and oxygen atoms in total. The zero-order chi connectivity index (χ0) is 11.7. The standard InChI is InChI=1S/C10H6Br3NOS/c11-6-2-9(13)10(15)14(3-6)4-8-1-7(12)5-16-8/h1-3,5H,4H2. The summed E-state index contributed by atoms with van der Waals surface area (Å²) >= 11 is 11.6. The van der Waals surface area contributed by atoms with Crippen LogP contribution in [0.25, 0.3) is 0 Å². The summed E-state index contributed by atoms with van der Waals surface area (Å²) in [6.07, 6.45) is 1.79. The Morgan fingerprint density at radius 3 is 2.56 bits per heavy atom. The van der Waals surface area contributed by atoms with Crippen molar-refractivity contribution in [2.45, 2.75) is 6.54 Å². The third-order valence-electron chi connectivity index (χ3n) is 1.96. The summed E-state index contributed by atoms with van der Waals surface area (Å²) in [4.78, 5) is 13.0. The first-order valence-electron chi connectivity index (χ1n) is 4.34. The summed E-state index contributed by atoms with van der Waals surface area (Å²) in [6, 6.07) is 3.77. The van der Waals surface area contributed by atoms with Crippen LogP contribution in [0.3, 0.4) is 0 Å². The molecular formula is C10H6Br3NOS. The van der Waals surface area contributed by atoms with Crippen LogP contribution in [0.1, 0.15) is 4.88 Å². The van der Waals surface area contributed by atoms with Gasteiger partial charge in [-0.2, -0.15) is 0 Å². The fourth-order valence-corrected chi connectivity index (χ4v) is 3.99. The van der Waals surface area contributed by atoms with Crippen molar-refractivity contribution in [2.75, 3.05) is 0 Å². The third kappa shape index (κ3) is 2.85. The molecule has 6 heteroatoms. The van der Waals surface area contributed by atoms with Crippen LogP contribution in [0.2, 0.25) is 0 Å². The number of thiophene rings is 1. The molecule has 0 unspecified atom stereocenters. The molecule has 0 bridgehead atoms. The zero-order valence-electron chi connectivity index (χ0n) is 7.91. The van der Waals surface area contributed by atoms with Gasteiger partial charge in [0.15, 0.2) is 0 Å². The number of aromatic nitrogens is 1. The zero-order valence-corrected chi connectivity index (χ0v) is 13.5. The highest BCUT2D eigenvalue weighted by Crippen LogP contribution is 2.21. The molecule has 2 aromatic rings. The van der Waals surface area contributed by atoms with Gasteiger partial charge in [-0.05, 0) is 59.9 Å². The lowest BCUT2D eigenvalue weighted by molar-refractivity contribution is 0.761. The molecule has 0 aliphatic rings. The van der Waals surface area contributed by atoms with Crippen molar-refractivity contribution in [3.05, 3.63) is 52.4 Å². The first kappa shape index (κ1) is 12.5. The molecule has 0 atom stereocenters. The normalized spacial score (nSPS) is 10.7. The van der Waals surface area contributed by atoms with E-state index in [0.717, 1.165) is 13.8 Å². The average molecular weight is 428 g/mol. The molecule has 0 spiro atoms. The van der Waals surface area contributed by atoms with Gasteiger partial charge in [0.05, 0.1) is 11.0 Å². The smallest absolute Gasteiger partial charge is 0.265 e. The van der Waals surface area contributed by atoms with Gasteiger partial charge in [0.1, 0.15) is 0 Å². The molecule has 2 aromatic heterocycles. The van der Waals surface area contributed by atoms with Crippen molar-refractivity contribution in [1.29, 1.82) is 0 Å². The summed E-state index contributed by atoms with van der Waals surface area (Å²) < 4.78 is 4.17. The highest BCUT2D eigenvalue weighted by Gasteiger charge is 2.05. The van der Waals surface area contributed by atoms with Gasteiger partial charge in [0.2, 0.25) is 0 Å². The molecule has 0 saturated carbocycles. The van der Waals surface area contributed by atoms with Crippen LogP contribution in [0, 0.1) is 0 Å².